The summed E-state index contributed by atoms with van der Waals surface area (Å²) in [6, 6.07) is 0. The summed E-state index contributed by atoms with van der Waals surface area (Å²) in [7, 11) is 0. The van der Waals surface area contributed by atoms with Gasteiger partial charge in [-0.15, -0.1) is 0 Å². The highest BCUT2D eigenvalue weighted by molar-refractivity contribution is 5.16. The third-order valence-electron chi connectivity index (χ3n) is 6.82. The Hall–Kier alpha value is -0.260. The van der Waals surface area contributed by atoms with Crippen LogP contribution in [-0.2, 0) is 0 Å². The van der Waals surface area contributed by atoms with Gasteiger partial charge in [0.15, 0.2) is 0 Å². The topological polar surface area (TPSA) is 0 Å². The first kappa shape index (κ1) is 11.6. The number of fused-ring (bicyclic) bond motifs is 5. The SMILES string of the molecule is C1=C2CCC3C4CCCCC4CCC3C2CCC1. The van der Waals surface area contributed by atoms with Crippen LogP contribution in [0.15, 0.2) is 11.6 Å². The van der Waals surface area contributed by atoms with E-state index in [0.29, 0.717) is 0 Å². The molecule has 0 spiro atoms. The van der Waals surface area contributed by atoms with Crippen LogP contribution in [-0.4, -0.2) is 0 Å². The minimum Gasteiger partial charge on any atom is -0.0850 e. The molecule has 3 fully saturated rings. The first-order valence-electron chi connectivity index (χ1n) is 8.62. The second-order valence-electron chi connectivity index (χ2n) is 7.47. The highest BCUT2D eigenvalue weighted by Crippen LogP contribution is 2.55. The zero-order chi connectivity index (χ0) is 11.9. The fraction of sp³-hybridized carbons (Fsp3) is 0.889. The van der Waals surface area contributed by atoms with E-state index in [9.17, 15) is 0 Å². The number of hydrogen-bond acceptors (Lipinski definition) is 0. The van der Waals surface area contributed by atoms with Crippen molar-refractivity contribution in [2.24, 2.45) is 29.6 Å². The molecule has 0 radical (unpaired) electrons. The molecule has 0 aromatic heterocycles. The normalized spacial score (nSPS) is 47.6. The van der Waals surface area contributed by atoms with E-state index in [1.54, 1.807) is 32.1 Å². The first-order valence-corrected chi connectivity index (χ1v) is 8.62. The fourth-order valence-electron chi connectivity index (χ4n) is 6.10. The van der Waals surface area contributed by atoms with Gasteiger partial charge in [-0.1, -0.05) is 30.9 Å². The lowest BCUT2D eigenvalue weighted by molar-refractivity contribution is 0.0106. The summed E-state index contributed by atoms with van der Waals surface area (Å²) in [5.74, 6) is 5.53. The van der Waals surface area contributed by atoms with Crippen LogP contribution in [0.3, 0.4) is 0 Å². The Kier molecular flexibility index (Phi) is 3.01. The van der Waals surface area contributed by atoms with Crippen LogP contribution < -0.4 is 0 Å². The molecule has 0 nitrogen and oxygen atoms in total. The molecule has 18 heavy (non-hydrogen) atoms. The van der Waals surface area contributed by atoms with Crippen molar-refractivity contribution < 1.29 is 0 Å². The zero-order valence-electron chi connectivity index (χ0n) is 11.7. The standard InChI is InChI=1S/C18H28/c1-3-7-15-13(5-1)9-11-18-16-8-4-2-6-14(16)10-12-17(15)18/h5,14-18H,1-4,6-12H2. The Bertz CT molecular complexity index is 340. The van der Waals surface area contributed by atoms with E-state index in [1.165, 1.54) is 38.5 Å². The summed E-state index contributed by atoms with van der Waals surface area (Å²) in [4.78, 5) is 0. The Labute approximate surface area is 112 Å². The van der Waals surface area contributed by atoms with Crippen molar-refractivity contribution in [3.8, 4) is 0 Å². The minimum atomic E-state index is 1.03. The zero-order valence-corrected chi connectivity index (χ0v) is 11.7. The highest BCUT2D eigenvalue weighted by Gasteiger charge is 2.45. The second-order valence-corrected chi connectivity index (χ2v) is 7.47. The molecule has 0 aromatic rings. The van der Waals surface area contributed by atoms with Crippen molar-refractivity contribution in [2.45, 2.75) is 70.6 Å². The molecule has 0 aromatic carbocycles. The largest absolute Gasteiger partial charge is 0.0850 e. The molecule has 100 valence electrons. The molecule has 4 aliphatic rings. The molecular formula is C18H28. The van der Waals surface area contributed by atoms with E-state index in [-0.39, 0.29) is 0 Å². The van der Waals surface area contributed by atoms with Crippen LogP contribution in [0.4, 0.5) is 0 Å². The summed E-state index contributed by atoms with van der Waals surface area (Å²) in [5, 5.41) is 0. The van der Waals surface area contributed by atoms with E-state index >= 15 is 0 Å². The van der Waals surface area contributed by atoms with Gasteiger partial charge < -0.3 is 0 Å². The van der Waals surface area contributed by atoms with Gasteiger partial charge in [-0.2, -0.15) is 0 Å². The maximum atomic E-state index is 2.62. The lowest BCUT2D eigenvalue weighted by atomic mass is 9.53. The number of hydrogen-bond donors (Lipinski definition) is 0. The van der Waals surface area contributed by atoms with E-state index in [4.69, 9.17) is 0 Å². The molecule has 4 rings (SSSR count). The molecule has 5 atom stereocenters. The predicted octanol–water partition coefficient (Wildman–Crippen LogP) is 5.34. The third-order valence-corrected chi connectivity index (χ3v) is 6.82. The second kappa shape index (κ2) is 4.69. The van der Waals surface area contributed by atoms with Gasteiger partial charge in [0.25, 0.3) is 0 Å². The van der Waals surface area contributed by atoms with Gasteiger partial charge in [0.1, 0.15) is 0 Å². The summed E-state index contributed by atoms with van der Waals surface area (Å²) in [6.07, 6.45) is 19.4. The Morgan fingerprint density at radius 2 is 1.67 bits per heavy atom. The van der Waals surface area contributed by atoms with Gasteiger partial charge in [0.05, 0.1) is 0 Å². The van der Waals surface area contributed by atoms with Gasteiger partial charge in [-0.05, 0) is 81.0 Å². The lowest BCUT2D eigenvalue weighted by Crippen LogP contribution is -2.43. The van der Waals surface area contributed by atoms with E-state index in [1.807, 2.05) is 5.57 Å². The molecule has 5 unspecified atom stereocenters. The van der Waals surface area contributed by atoms with E-state index in [2.05, 4.69) is 6.08 Å². The number of allylic oxidation sites excluding steroid dienone is 2. The Morgan fingerprint density at radius 3 is 2.67 bits per heavy atom. The molecule has 0 aliphatic heterocycles. The summed E-state index contributed by atoms with van der Waals surface area (Å²) < 4.78 is 0. The molecule has 0 heterocycles. The van der Waals surface area contributed by atoms with Crippen molar-refractivity contribution in [1.29, 1.82) is 0 Å². The molecule has 0 amide bonds. The maximum absolute atomic E-state index is 2.62. The molecule has 4 aliphatic carbocycles. The quantitative estimate of drug-likeness (QED) is 0.505. The van der Waals surface area contributed by atoms with Gasteiger partial charge in [0, 0.05) is 0 Å². The van der Waals surface area contributed by atoms with Crippen molar-refractivity contribution in [2.75, 3.05) is 0 Å². The van der Waals surface area contributed by atoms with Crippen molar-refractivity contribution >= 4 is 0 Å². The monoisotopic (exact) mass is 244 g/mol. The van der Waals surface area contributed by atoms with Crippen LogP contribution in [0.5, 0.6) is 0 Å². The smallest absolute Gasteiger partial charge is 0.0172 e. The van der Waals surface area contributed by atoms with Crippen LogP contribution in [0.2, 0.25) is 0 Å². The minimum absolute atomic E-state index is 1.03. The van der Waals surface area contributed by atoms with E-state index < -0.39 is 0 Å². The summed E-state index contributed by atoms with van der Waals surface area (Å²) in [6.45, 7) is 0. The van der Waals surface area contributed by atoms with E-state index in [0.717, 1.165) is 29.6 Å². The number of rotatable bonds is 0. The van der Waals surface area contributed by atoms with Gasteiger partial charge in [-0.3, -0.25) is 0 Å². The Morgan fingerprint density at radius 1 is 0.722 bits per heavy atom. The molecule has 0 heteroatoms. The van der Waals surface area contributed by atoms with Crippen LogP contribution in [0, 0.1) is 29.6 Å². The van der Waals surface area contributed by atoms with Gasteiger partial charge in [0.2, 0.25) is 0 Å². The average molecular weight is 244 g/mol. The van der Waals surface area contributed by atoms with Gasteiger partial charge >= 0.3 is 0 Å². The van der Waals surface area contributed by atoms with Crippen LogP contribution >= 0.6 is 0 Å². The van der Waals surface area contributed by atoms with Crippen molar-refractivity contribution in [3.05, 3.63) is 11.6 Å². The lowest BCUT2D eigenvalue weighted by Gasteiger charge is -2.52. The average Bonchev–Trinajstić information content (AvgIpc) is 2.46. The molecule has 3 saturated carbocycles. The van der Waals surface area contributed by atoms with Crippen molar-refractivity contribution in [1.82, 2.24) is 0 Å². The molecular weight excluding hydrogens is 216 g/mol. The highest BCUT2D eigenvalue weighted by atomic mass is 14.5. The maximum Gasteiger partial charge on any atom is -0.0172 e. The summed E-state index contributed by atoms with van der Waals surface area (Å²) >= 11 is 0. The molecule has 0 saturated heterocycles. The van der Waals surface area contributed by atoms with Crippen LogP contribution in [0.25, 0.3) is 0 Å². The first-order chi connectivity index (χ1) is 8.93. The Balaban J connectivity index is 1.58. The molecule has 0 bridgehead atoms. The van der Waals surface area contributed by atoms with Crippen molar-refractivity contribution in [3.63, 3.8) is 0 Å². The van der Waals surface area contributed by atoms with Crippen LogP contribution in [0.1, 0.15) is 70.6 Å². The predicted molar refractivity (Wildman–Crippen MR) is 76.3 cm³/mol. The fourth-order valence-corrected chi connectivity index (χ4v) is 6.10. The summed E-state index contributed by atoms with van der Waals surface area (Å²) in [5.41, 5.74) is 1.89. The third kappa shape index (κ3) is 1.79. The van der Waals surface area contributed by atoms with Gasteiger partial charge in [-0.25, -0.2) is 0 Å². The molecule has 0 N–H and O–H groups in total.